The zero-order valence-corrected chi connectivity index (χ0v) is 17.7. The van der Waals surface area contributed by atoms with Crippen LogP contribution in [-0.4, -0.2) is 45.7 Å². The highest BCUT2D eigenvalue weighted by Crippen LogP contribution is 2.23. The molecule has 0 saturated carbocycles. The van der Waals surface area contributed by atoms with Gasteiger partial charge in [0.1, 0.15) is 12.4 Å². The maximum Gasteiger partial charge on any atom is 0.262 e. The molecule has 4 rings (SSSR count). The Hall–Kier alpha value is -4.27. The molecular formula is C23H22N6O3. The largest absolute Gasteiger partial charge is 0.354 e. The topological polar surface area (TPSA) is 116 Å². The number of benzene rings is 2. The molecule has 0 unspecified atom stereocenters. The minimum atomic E-state index is -0.461. The highest BCUT2D eigenvalue weighted by molar-refractivity contribution is 6.22. The lowest BCUT2D eigenvalue weighted by molar-refractivity contribution is -0.116. The van der Waals surface area contributed by atoms with Crippen molar-refractivity contribution in [1.82, 2.24) is 14.9 Å². The number of anilines is 4. The summed E-state index contributed by atoms with van der Waals surface area (Å²) in [6, 6.07) is 15.4. The number of amides is 3. The standard InChI is InChI=1S/C23H22N6O3/c1-3-24-23-25-14(2)12-19(28-23)26-15-8-10-16(11-9-15)27-20(30)13-29-21(31)17-6-4-5-7-18(17)22(29)32/h4-12H,3,13H2,1-2H3,(H,27,30)(H2,24,25,26,28). The van der Waals surface area contributed by atoms with E-state index < -0.39 is 17.7 Å². The van der Waals surface area contributed by atoms with Crippen LogP contribution in [0.1, 0.15) is 33.3 Å². The van der Waals surface area contributed by atoms with Crippen LogP contribution in [0, 0.1) is 6.92 Å². The van der Waals surface area contributed by atoms with Gasteiger partial charge in [-0.15, -0.1) is 0 Å². The van der Waals surface area contributed by atoms with Gasteiger partial charge in [0.25, 0.3) is 11.8 Å². The van der Waals surface area contributed by atoms with E-state index in [9.17, 15) is 14.4 Å². The van der Waals surface area contributed by atoms with Crippen LogP contribution in [0.3, 0.4) is 0 Å². The minimum absolute atomic E-state index is 0.318. The average molecular weight is 430 g/mol. The third-order valence-electron chi connectivity index (χ3n) is 4.81. The van der Waals surface area contributed by atoms with Gasteiger partial charge in [0.15, 0.2) is 0 Å². The van der Waals surface area contributed by atoms with Crippen LogP contribution in [0.15, 0.2) is 54.6 Å². The number of aryl methyl sites for hydroxylation is 1. The number of aromatic nitrogens is 2. The summed E-state index contributed by atoms with van der Waals surface area (Å²) in [5, 5.41) is 9.00. The first-order chi connectivity index (χ1) is 15.4. The van der Waals surface area contributed by atoms with Gasteiger partial charge >= 0.3 is 0 Å². The first-order valence-corrected chi connectivity index (χ1v) is 10.2. The number of fused-ring (bicyclic) bond motifs is 1. The number of hydrogen-bond acceptors (Lipinski definition) is 7. The lowest BCUT2D eigenvalue weighted by Gasteiger charge is -2.14. The predicted octanol–water partition coefficient (Wildman–Crippen LogP) is 3.20. The van der Waals surface area contributed by atoms with E-state index in [1.54, 1.807) is 48.5 Å². The molecule has 0 bridgehead atoms. The molecule has 0 aliphatic carbocycles. The fraction of sp³-hybridized carbons (Fsp3) is 0.174. The molecule has 3 N–H and O–H groups in total. The molecule has 9 heteroatoms. The minimum Gasteiger partial charge on any atom is -0.354 e. The Morgan fingerprint density at radius 3 is 2.19 bits per heavy atom. The van der Waals surface area contributed by atoms with Gasteiger partial charge in [0.05, 0.1) is 11.1 Å². The van der Waals surface area contributed by atoms with E-state index in [-0.39, 0.29) is 6.54 Å². The molecule has 0 saturated heterocycles. The molecule has 9 nitrogen and oxygen atoms in total. The molecule has 0 atom stereocenters. The summed E-state index contributed by atoms with van der Waals surface area (Å²) < 4.78 is 0. The maximum atomic E-state index is 12.4. The van der Waals surface area contributed by atoms with Gasteiger partial charge in [-0.2, -0.15) is 4.98 Å². The molecule has 162 valence electrons. The van der Waals surface area contributed by atoms with Crippen molar-refractivity contribution in [3.05, 3.63) is 71.4 Å². The summed E-state index contributed by atoms with van der Waals surface area (Å²) in [4.78, 5) is 46.9. The van der Waals surface area contributed by atoms with Crippen LogP contribution in [0.25, 0.3) is 0 Å². The molecule has 0 radical (unpaired) electrons. The number of carbonyl (C=O) groups excluding carboxylic acids is 3. The SMILES string of the molecule is CCNc1nc(C)cc(Nc2ccc(NC(=O)CN3C(=O)c4ccccc4C3=O)cc2)n1. The molecule has 1 aromatic heterocycles. The molecule has 1 aliphatic heterocycles. The summed E-state index contributed by atoms with van der Waals surface area (Å²) in [7, 11) is 0. The zero-order chi connectivity index (χ0) is 22.7. The van der Waals surface area contributed by atoms with E-state index in [1.165, 1.54) is 0 Å². The summed E-state index contributed by atoms with van der Waals surface area (Å²) in [5.74, 6) is -0.181. The Kier molecular flexibility index (Phi) is 5.80. The van der Waals surface area contributed by atoms with Crippen molar-refractivity contribution in [2.24, 2.45) is 0 Å². The number of imide groups is 1. The van der Waals surface area contributed by atoms with Crippen LogP contribution >= 0.6 is 0 Å². The fourth-order valence-electron chi connectivity index (χ4n) is 3.38. The molecule has 2 aromatic carbocycles. The smallest absolute Gasteiger partial charge is 0.262 e. The molecule has 3 aromatic rings. The van der Waals surface area contributed by atoms with E-state index in [4.69, 9.17) is 0 Å². The fourth-order valence-corrected chi connectivity index (χ4v) is 3.38. The van der Waals surface area contributed by atoms with Crippen molar-refractivity contribution in [2.75, 3.05) is 29.0 Å². The predicted molar refractivity (Wildman–Crippen MR) is 121 cm³/mol. The van der Waals surface area contributed by atoms with E-state index in [0.717, 1.165) is 22.8 Å². The molecule has 0 spiro atoms. The van der Waals surface area contributed by atoms with Crippen molar-refractivity contribution < 1.29 is 14.4 Å². The summed E-state index contributed by atoms with van der Waals surface area (Å²) in [6.07, 6.45) is 0. The maximum absolute atomic E-state index is 12.4. The van der Waals surface area contributed by atoms with E-state index in [0.29, 0.717) is 28.6 Å². The molecule has 2 heterocycles. The normalized spacial score (nSPS) is 12.5. The van der Waals surface area contributed by atoms with Gasteiger partial charge < -0.3 is 16.0 Å². The van der Waals surface area contributed by atoms with Crippen molar-refractivity contribution in [3.63, 3.8) is 0 Å². The second-order valence-electron chi connectivity index (χ2n) is 7.24. The van der Waals surface area contributed by atoms with Gasteiger partial charge in [-0.25, -0.2) is 4.98 Å². The van der Waals surface area contributed by atoms with Crippen LogP contribution in [0.2, 0.25) is 0 Å². The summed E-state index contributed by atoms with van der Waals surface area (Å²) in [6.45, 7) is 4.23. The number of rotatable bonds is 7. The second-order valence-corrected chi connectivity index (χ2v) is 7.24. The van der Waals surface area contributed by atoms with Crippen LogP contribution in [-0.2, 0) is 4.79 Å². The Morgan fingerprint density at radius 2 is 1.56 bits per heavy atom. The number of hydrogen-bond donors (Lipinski definition) is 3. The van der Waals surface area contributed by atoms with Gasteiger partial charge in [0, 0.05) is 29.7 Å². The Labute approximate surface area is 184 Å². The van der Waals surface area contributed by atoms with E-state index in [2.05, 4.69) is 25.9 Å². The van der Waals surface area contributed by atoms with Gasteiger partial charge in [0.2, 0.25) is 11.9 Å². The van der Waals surface area contributed by atoms with Crippen LogP contribution < -0.4 is 16.0 Å². The zero-order valence-electron chi connectivity index (χ0n) is 17.7. The summed E-state index contributed by atoms with van der Waals surface area (Å²) in [5.41, 5.74) is 2.79. The van der Waals surface area contributed by atoms with E-state index in [1.807, 2.05) is 19.9 Å². The van der Waals surface area contributed by atoms with Crippen molar-refractivity contribution >= 4 is 40.9 Å². The van der Waals surface area contributed by atoms with Gasteiger partial charge in [-0.1, -0.05) is 12.1 Å². The van der Waals surface area contributed by atoms with Crippen molar-refractivity contribution in [2.45, 2.75) is 13.8 Å². The Balaban J connectivity index is 1.38. The molecular weight excluding hydrogens is 408 g/mol. The second kappa shape index (κ2) is 8.84. The monoisotopic (exact) mass is 430 g/mol. The third kappa shape index (κ3) is 4.41. The molecule has 1 aliphatic rings. The third-order valence-corrected chi connectivity index (χ3v) is 4.81. The number of carbonyl (C=O) groups is 3. The highest BCUT2D eigenvalue weighted by Gasteiger charge is 2.36. The average Bonchev–Trinajstić information content (AvgIpc) is 3.00. The van der Waals surface area contributed by atoms with Crippen LogP contribution in [0.5, 0.6) is 0 Å². The lowest BCUT2D eigenvalue weighted by atomic mass is 10.1. The first-order valence-electron chi connectivity index (χ1n) is 10.2. The Morgan fingerprint density at radius 1 is 0.938 bits per heavy atom. The van der Waals surface area contributed by atoms with E-state index >= 15 is 0 Å². The molecule has 3 amide bonds. The van der Waals surface area contributed by atoms with Gasteiger partial charge in [-0.05, 0) is 50.2 Å². The lowest BCUT2D eigenvalue weighted by Crippen LogP contribution is -2.37. The van der Waals surface area contributed by atoms with Gasteiger partial charge in [-0.3, -0.25) is 19.3 Å². The van der Waals surface area contributed by atoms with Crippen molar-refractivity contribution in [3.8, 4) is 0 Å². The van der Waals surface area contributed by atoms with Crippen molar-refractivity contribution in [1.29, 1.82) is 0 Å². The highest BCUT2D eigenvalue weighted by atomic mass is 16.2. The van der Waals surface area contributed by atoms with Crippen LogP contribution in [0.4, 0.5) is 23.1 Å². The summed E-state index contributed by atoms with van der Waals surface area (Å²) >= 11 is 0. The number of nitrogens with one attached hydrogen (secondary N) is 3. The Bertz CT molecular complexity index is 1160. The molecule has 0 fully saturated rings. The number of nitrogens with zero attached hydrogens (tertiary/aromatic N) is 3. The quantitative estimate of drug-likeness (QED) is 0.493. The first kappa shape index (κ1) is 21.0. The molecule has 32 heavy (non-hydrogen) atoms.